The molecule has 3 aliphatic rings. The zero-order valence-corrected chi connectivity index (χ0v) is 17.1. The second kappa shape index (κ2) is 7.21. The smallest absolute Gasteiger partial charge is 0.0456 e. The molecule has 3 fully saturated rings. The van der Waals surface area contributed by atoms with Crippen LogP contribution in [0.5, 0.6) is 0 Å². The maximum absolute atomic E-state index is 3.50. The molecule has 1 aromatic heterocycles. The number of hydrogen-bond donors (Lipinski definition) is 1. The van der Waals surface area contributed by atoms with Crippen LogP contribution in [0.1, 0.15) is 37.2 Å². The van der Waals surface area contributed by atoms with E-state index in [4.69, 9.17) is 0 Å². The quantitative estimate of drug-likeness (QED) is 0.664. The summed E-state index contributed by atoms with van der Waals surface area (Å²) in [5, 5.41) is 1.45. The Bertz CT molecular complexity index is 956. The van der Waals surface area contributed by atoms with Gasteiger partial charge in [0.15, 0.2) is 0 Å². The molecule has 1 aliphatic heterocycles. The molecule has 2 aromatic carbocycles. The van der Waals surface area contributed by atoms with Crippen LogP contribution in [0, 0.1) is 11.8 Å². The summed E-state index contributed by atoms with van der Waals surface area (Å²) in [6, 6.07) is 20.6. The fraction of sp³-hybridized carbons (Fsp3) is 0.462. The summed E-state index contributed by atoms with van der Waals surface area (Å²) in [5.74, 6) is 2.63. The first kappa shape index (κ1) is 17.6. The first-order valence-electron chi connectivity index (χ1n) is 11.5. The molecule has 2 saturated carbocycles. The zero-order chi connectivity index (χ0) is 19.2. The average molecular weight is 386 g/mol. The monoisotopic (exact) mass is 385 g/mol. The molecule has 3 nitrogen and oxygen atoms in total. The van der Waals surface area contributed by atoms with E-state index in [-0.39, 0.29) is 0 Å². The van der Waals surface area contributed by atoms with E-state index in [9.17, 15) is 0 Å². The van der Waals surface area contributed by atoms with Crippen LogP contribution in [-0.4, -0.2) is 42.1 Å². The first-order valence-corrected chi connectivity index (χ1v) is 11.5. The number of rotatable bonds is 3. The number of piperazine rings is 1. The summed E-state index contributed by atoms with van der Waals surface area (Å²) in [7, 11) is 0. The fourth-order valence-corrected chi connectivity index (χ4v) is 6.55. The Morgan fingerprint density at radius 1 is 0.724 bits per heavy atom. The number of nitrogens with one attached hydrogen (secondary N) is 1. The van der Waals surface area contributed by atoms with Gasteiger partial charge < -0.3 is 9.88 Å². The zero-order valence-electron chi connectivity index (χ0n) is 17.1. The van der Waals surface area contributed by atoms with Crippen LogP contribution in [0.4, 0.5) is 5.69 Å². The molecule has 2 atom stereocenters. The minimum atomic E-state index is 0.761. The van der Waals surface area contributed by atoms with Gasteiger partial charge in [-0.25, -0.2) is 0 Å². The third kappa shape index (κ3) is 3.16. The lowest BCUT2D eigenvalue weighted by molar-refractivity contribution is 0.179. The minimum absolute atomic E-state index is 0.761. The summed E-state index contributed by atoms with van der Waals surface area (Å²) in [6.07, 6.45) is 7.93. The van der Waals surface area contributed by atoms with Crippen molar-refractivity contribution in [3.8, 4) is 0 Å². The molecular weight excluding hydrogens is 354 g/mol. The average Bonchev–Trinajstić information content (AvgIpc) is 3.47. The van der Waals surface area contributed by atoms with E-state index in [1.54, 1.807) is 5.56 Å². The van der Waals surface area contributed by atoms with Gasteiger partial charge in [-0.1, -0.05) is 36.4 Å². The van der Waals surface area contributed by atoms with Crippen molar-refractivity contribution in [2.45, 2.75) is 37.6 Å². The number of nitrogens with zero attached hydrogens (tertiary/aromatic N) is 2. The molecule has 0 amide bonds. The van der Waals surface area contributed by atoms with Crippen molar-refractivity contribution in [3.63, 3.8) is 0 Å². The molecule has 1 N–H and O–H groups in total. The number of fused-ring (bicyclic) bond motifs is 2. The van der Waals surface area contributed by atoms with Gasteiger partial charge in [-0.05, 0) is 67.2 Å². The summed E-state index contributed by atoms with van der Waals surface area (Å²) >= 11 is 0. The van der Waals surface area contributed by atoms with E-state index in [1.165, 1.54) is 68.5 Å². The lowest BCUT2D eigenvalue weighted by Gasteiger charge is -2.39. The number of aromatic amines is 1. The minimum Gasteiger partial charge on any atom is -0.369 e. The van der Waals surface area contributed by atoms with Crippen LogP contribution in [0.3, 0.4) is 0 Å². The molecule has 3 aromatic rings. The highest BCUT2D eigenvalue weighted by molar-refractivity contribution is 5.83. The second-order valence-electron chi connectivity index (χ2n) is 9.46. The molecule has 0 spiro atoms. The van der Waals surface area contributed by atoms with Gasteiger partial charge in [0.25, 0.3) is 0 Å². The molecule has 2 unspecified atom stereocenters. The molecule has 150 valence electrons. The lowest BCUT2D eigenvalue weighted by Crippen LogP contribution is -2.50. The highest BCUT2D eigenvalue weighted by Crippen LogP contribution is 2.52. The molecule has 6 rings (SSSR count). The van der Waals surface area contributed by atoms with Gasteiger partial charge in [0.2, 0.25) is 0 Å². The van der Waals surface area contributed by atoms with Crippen LogP contribution in [0.2, 0.25) is 0 Å². The fourth-order valence-electron chi connectivity index (χ4n) is 6.55. The number of benzene rings is 2. The lowest BCUT2D eigenvalue weighted by atomic mass is 9.93. The van der Waals surface area contributed by atoms with Crippen LogP contribution in [0.25, 0.3) is 10.9 Å². The van der Waals surface area contributed by atoms with Gasteiger partial charge in [-0.15, -0.1) is 0 Å². The summed E-state index contributed by atoms with van der Waals surface area (Å²) < 4.78 is 0. The topological polar surface area (TPSA) is 22.3 Å². The summed E-state index contributed by atoms with van der Waals surface area (Å²) in [4.78, 5) is 8.85. The number of aromatic nitrogens is 1. The highest BCUT2D eigenvalue weighted by atomic mass is 15.3. The molecule has 0 bridgehead atoms. The second-order valence-corrected chi connectivity index (χ2v) is 9.46. The molecule has 0 radical (unpaired) electrons. The highest BCUT2D eigenvalue weighted by Gasteiger charge is 2.44. The maximum atomic E-state index is 3.50. The Labute approximate surface area is 173 Å². The Hall–Kier alpha value is -2.26. The van der Waals surface area contributed by atoms with Crippen molar-refractivity contribution in [2.75, 3.05) is 31.1 Å². The Morgan fingerprint density at radius 3 is 2.17 bits per heavy atom. The van der Waals surface area contributed by atoms with Crippen molar-refractivity contribution in [3.05, 3.63) is 66.4 Å². The van der Waals surface area contributed by atoms with Gasteiger partial charge in [-0.3, -0.25) is 4.90 Å². The van der Waals surface area contributed by atoms with Crippen molar-refractivity contribution in [1.29, 1.82) is 0 Å². The normalized spacial score (nSPS) is 30.1. The van der Waals surface area contributed by atoms with Gasteiger partial charge in [0.1, 0.15) is 0 Å². The number of hydrogen-bond acceptors (Lipinski definition) is 2. The van der Waals surface area contributed by atoms with E-state index in [1.807, 2.05) is 0 Å². The third-order valence-corrected chi connectivity index (χ3v) is 8.00. The summed E-state index contributed by atoms with van der Waals surface area (Å²) in [5.41, 5.74) is 4.26. The van der Waals surface area contributed by atoms with Crippen molar-refractivity contribution in [1.82, 2.24) is 9.88 Å². The van der Waals surface area contributed by atoms with E-state index in [0.717, 1.165) is 23.8 Å². The predicted octanol–water partition coefficient (Wildman–Crippen LogP) is 5.26. The SMILES string of the molecule is c1ccc(N2CCN(C3CC4CC(c5c[nH]c6ccccc56)CC4C3)CC2)cc1. The van der Waals surface area contributed by atoms with Crippen LogP contribution >= 0.6 is 0 Å². The van der Waals surface area contributed by atoms with Gasteiger partial charge >= 0.3 is 0 Å². The van der Waals surface area contributed by atoms with Gasteiger partial charge in [-0.2, -0.15) is 0 Å². The van der Waals surface area contributed by atoms with Crippen LogP contribution in [0.15, 0.2) is 60.8 Å². The molecule has 3 heteroatoms. The van der Waals surface area contributed by atoms with E-state index >= 15 is 0 Å². The largest absolute Gasteiger partial charge is 0.369 e. The van der Waals surface area contributed by atoms with E-state index in [2.05, 4.69) is 75.6 Å². The van der Waals surface area contributed by atoms with Crippen molar-refractivity contribution in [2.24, 2.45) is 11.8 Å². The number of para-hydroxylation sites is 2. The number of H-pyrrole nitrogens is 1. The first-order chi connectivity index (χ1) is 14.3. The van der Waals surface area contributed by atoms with E-state index in [0.29, 0.717) is 0 Å². The van der Waals surface area contributed by atoms with E-state index < -0.39 is 0 Å². The third-order valence-electron chi connectivity index (χ3n) is 8.00. The molecule has 29 heavy (non-hydrogen) atoms. The molecule has 1 saturated heterocycles. The number of anilines is 1. The van der Waals surface area contributed by atoms with Crippen molar-refractivity contribution < 1.29 is 0 Å². The Kier molecular flexibility index (Phi) is 4.37. The summed E-state index contributed by atoms with van der Waals surface area (Å²) in [6.45, 7) is 4.80. The Balaban J connectivity index is 1.07. The molecule has 2 heterocycles. The van der Waals surface area contributed by atoms with Crippen molar-refractivity contribution >= 4 is 16.6 Å². The molecular formula is C26H31N3. The van der Waals surface area contributed by atoms with Gasteiger partial charge in [0, 0.05) is 55.0 Å². The predicted molar refractivity (Wildman–Crippen MR) is 121 cm³/mol. The van der Waals surface area contributed by atoms with Gasteiger partial charge in [0.05, 0.1) is 0 Å². The van der Waals surface area contributed by atoms with Crippen LogP contribution < -0.4 is 4.90 Å². The van der Waals surface area contributed by atoms with Crippen LogP contribution in [-0.2, 0) is 0 Å². The Morgan fingerprint density at radius 2 is 1.41 bits per heavy atom. The maximum Gasteiger partial charge on any atom is 0.0456 e. The standard InChI is InChI=1S/C26H31N3/c1-2-6-22(7-3-1)28-10-12-29(13-11-28)23-16-19-14-21(15-20(19)17-23)25-18-27-26-9-5-4-8-24(25)26/h1-9,18-21,23,27H,10-17H2. The molecule has 2 aliphatic carbocycles.